The lowest BCUT2D eigenvalue weighted by atomic mass is 10.2. The molecule has 1 heterocycles. The van der Waals surface area contributed by atoms with Crippen LogP contribution in [0.4, 0.5) is 0 Å². The Balaban J connectivity index is 0.000000249. The third-order valence-electron chi connectivity index (χ3n) is 1.78. The molecule has 5 heteroatoms. The maximum Gasteiger partial charge on any atom is 0.336 e. The van der Waals surface area contributed by atoms with Crippen LogP contribution >= 0.6 is 0 Å². The van der Waals surface area contributed by atoms with E-state index in [9.17, 15) is 9.59 Å². The molecule has 0 unspecified atom stereocenters. The number of fused-ring (bicyclic) bond motifs is 1. The summed E-state index contributed by atoms with van der Waals surface area (Å²) in [7, 11) is 0. The summed E-state index contributed by atoms with van der Waals surface area (Å²) in [6.45, 7) is 2.96. The molecule has 2 aromatic rings. The predicted octanol–water partition coefficient (Wildman–Crippen LogP) is 1.76. The molecule has 0 aliphatic rings. The molecular formula is C12H10O5. The van der Waals surface area contributed by atoms with Crippen molar-refractivity contribution in [2.75, 3.05) is 0 Å². The molecular weight excluding hydrogens is 224 g/mol. The Bertz CT molecular complexity index is 597. The zero-order valence-corrected chi connectivity index (χ0v) is 8.79. The lowest BCUT2D eigenvalue weighted by Gasteiger charge is -1.94. The van der Waals surface area contributed by atoms with Gasteiger partial charge in [-0.05, 0) is 18.2 Å². The van der Waals surface area contributed by atoms with E-state index in [1.165, 1.54) is 12.1 Å². The SMILES string of the molecule is C=CC(=O)O.O=c1ccc2ccc(O)cc2o1. The van der Waals surface area contributed by atoms with Crippen LogP contribution in [-0.4, -0.2) is 16.2 Å². The van der Waals surface area contributed by atoms with Crippen LogP contribution < -0.4 is 5.63 Å². The molecule has 2 N–H and O–H groups in total. The Morgan fingerprint density at radius 3 is 2.47 bits per heavy atom. The fourth-order valence-electron chi connectivity index (χ4n) is 1.05. The quantitative estimate of drug-likeness (QED) is 0.579. The number of phenolic OH excluding ortho intramolecular Hbond substituents is 1. The molecule has 0 aliphatic carbocycles. The minimum atomic E-state index is -0.981. The van der Waals surface area contributed by atoms with Crippen LogP contribution in [0.2, 0.25) is 0 Å². The Morgan fingerprint density at radius 2 is 1.88 bits per heavy atom. The fourth-order valence-corrected chi connectivity index (χ4v) is 1.05. The topological polar surface area (TPSA) is 87.7 Å². The van der Waals surface area contributed by atoms with Gasteiger partial charge >= 0.3 is 11.6 Å². The standard InChI is InChI=1S/C9H6O3.C3H4O2/c10-7-3-1-6-2-4-9(11)12-8(6)5-7;1-2-3(4)5/h1-5,10H;2H,1H2,(H,4,5). The maximum atomic E-state index is 10.7. The zero-order valence-electron chi connectivity index (χ0n) is 8.79. The Morgan fingerprint density at radius 1 is 1.29 bits per heavy atom. The first-order chi connectivity index (χ1) is 8.02. The van der Waals surface area contributed by atoms with Crippen LogP contribution in [-0.2, 0) is 4.79 Å². The molecule has 0 aliphatic heterocycles. The summed E-state index contributed by atoms with van der Waals surface area (Å²) < 4.78 is 4.83. The smallest absolute Gasteiger partial charge is 0.336 e. The first-order valence-electron chi connectivity index (χ1n) is 4.61. The van der Waals surface area contributed by atoms with Gasteiger partial charge < -0.3 is 14.6 Å². The summed E-state index contributed by atoms with van der Waals surface area (Å²) in [4.78, 5) is 20.0. The number of phenols is 1. The molecule has 1 aromatic carbocycles. The van der Waals surface area contributed by atoms with E-state index in [2.05, 4.69) is 6.58 Å². The average molecular weight is 234 g/mol. The fraction of sp³-hybridized carbons (Fsp3) is 0. The minimum absolute atomic E-state index is 0.0943. The molecule has 0 saturated carbocycles. The largest absolute Gasteiger partial charge is 0.508 e. The van der Waals surface area contributed by atoms with Gasteiger partial charge in [-0.1, -0.05) is 6.58 Å². The van der Waals surface area contributed by atoms with E-state index in [1.54, 1.807) is 18.2 Å². The molecule has 88 valence electrons. The third kappa shape index (κ3) is 3.83. The molecule has 0 amide bonds. The summed E-state index contributed by atoms with van der Waals surface area (Å²) in [5.41, 5.74) is -0.00407. The molecule has 0 bridgehead atoms. The van der Waals surface area contributed by atoms with Crippen molar-refractivity contribution in [1.82, 2.24) is 0 Å². The number of carbonyl (C=O) groups is 1. The van der Waals surface area contributed by atoms with Gasteiger partial charge in [0.2, 0.25) is 0 Å². The van der Waals surface area contributed by atoms with Gasteiger partial charge in [-0.2, -0.15) is 0 Å². The number of aliphatic carboxylic acids is 1. The third-order valence-corrected chi connectivity index (χ3v) is 1.78. The summed E-state index contributed by atoms with van der Waals surface area (Å²) in [6, 6.07) is 7.65. The number of hydrogen-bond donors (Lipinski definition) is 2. The number of benzene rings is 1. The van der Waals surface area contributed by atoms with Crippen molar-refractivity contribution < 1.29 is 19.4 Å². The van der Waals surface area contributed by atoms with Crippen molar-refractivity contribution in [1.29, 1.82) is 0 Å². The van der Waals surface area contributed by atoms with Gasteiger partial charge in [0.25, 0.3) is 0 Å². The Labute approximate surface area is 96.2 Å². The van der Waals surface area contributed by atoms with Crippen LogP contribution in [0.3, 0.4) is 0 Å². The van der Waals surface area contributed by atoms with E-state index in [0.29, 0.717) is 5.58 Å². The first-order valence-corrected chi connectivity index (χ1v) is 4.61. The van der Waals surface area contributed by atoms with Gasteiger partial charge in [-0.25, -0.2) is 9.59 Å². The van der Waals surface area contributed by atoms with Gasteiger partial charge in [-0.3, -0.25) is 0 Å². The second-order valence-corrected chi connectivity index (χ2v) is 3.02. The van der Waals surface area contributed by atoms with E-state index < -0.39 is 11.6 Å². The molecule has 0 spiro atoms. The lowest BCUT2D eigenvalue weighted by Crippen LogP contribution is -1.93. The molecule has 1 aromatic heterocycles. The van der Waals surface area contributed by atoms with Gasteiger partial charge in [0.1, 0.15) is 11.3 Å². The first kappa shape index (κ1) is 12.5. The highest BCUT2D eigenvalue weighted by Gasteiger charge is 1.96. The van der Waals surface area contributed by atoms with Crippen LogP contribution in [0.15, 0.2) is 52.2 Å². The Kier molecular flexibility index (Phi) is 4.05. The van der Waals surface area contributed by atoms with E-state index in [-0.39, 0.29) is 5.75 Å². The number of aromatic hydroxyl groups is 1. The van der Waals surface area contributed by atoms with Crippen molar-refractivity contribution in [3.63, 3.8) is 0 Å². The molecule has 2 rings (SSSR count). The Hall–Kier alpha value is -2.56. The highest BCUT2D eigenvalue weighted by Crippen LogP contribution is 2.17. The zero-order chi connectivity index (χ0) is 12.8. The summed E-state index contributed by atoms with van der Waals surface area (Å²) in [5, 5.41) is 17.5. The second-order valence-electron chi connectivity index (χ2n) is 3.02. The van der Waals surface area contributed by atoms with Gasteiger partial charge in [0, 0.05) is 23.6 Å². The molecule has 0 atom stereocenters. The van der Waals surface area contributed by atoms with Crippen LogP contribution in [0.1, 0.15) is 0 Å². The lowest BCUT2D eigenvalue weighted by molar-refractivity contribution is -0.131. The van der Waals surface area contributed by atoms with E-state index in [0.717, 1.165) is 11.5 Å². The summed E-state index contributed by atoms with van der Waals surface area (Å²) >= 11 is 0. The molecule has 0 fully saturated rings. The van der Waals surface area contributed by atoms with E-state index in [4.69, 9.17) is 14.6 Å². The van der Waals surface area contributed by atoms with Crippen molar-refractivity contribution >= 4 is 16.9 Å². The normalized spacial score (nSPS) is 9.18. The average Bonchev–Trinajstić information content (AvgIpc) is 2.29. The van der Waals surface area contributed by atoms with Crippen molar-refractivity contribution in [2.45, 2.75) is 0 Å². The van der Waals surface area contributed by atoms with E-state index in [1.807, 2.05) is 0 Å². The van der Waals surface area contributed by atoms with Crippen molar-refractivity contribution in [2.24, 2.45) is 0 Å². The number of carboxylic acids is 1. The number of carboxylic acid groups (broad SMARTS) is 1. The highest BCUT2D eigenvalue weighted by molar-refractivity contribution is 5.78. The minimum Gasteiger partial charge on any atom is -0.508 e. The molecule has 17 heavy (non-hydrogen) atoms. The van der Waals surface area contributed by atoms with Crippen LogP contribution in [0.25, 0.3) is 11.0 Å². The maximum absolute atomic E-state index is 10.7. The van der Waals surface area contributed by atoms with Gasteiger partial charge in [-0.15, -0.1) is 0 Å². The van der Waals surface area contributed by atoms with Crippen LogP contribution in [0, 0.1) is 0 Å². The van der Waals surface area contributed by atoms with Crippen molar-refractivity contribution in [3.8, 4) is 5.75 Å². The van der Waals surface area contributed by atoms with E-state index >= 15 is 0 Å². The van der Waals surface area contributed by atoms with Crippen molar-refractivity contribution in [3.05, 3.63) is 53.4 Å². The summed E-state index contributed by atoms with van der Waals surface area (Å²) in [5.74, 6) is -0.887. The predicted molar refractivity (Wildman–Crippen MR) is 62.0 cm³/mol. The number of hydrogen-bond acceptors (Lipinski definition) is 4. The molecule has 0 radical (unpaired) electrons. The van der Waals surface area contributed by atoms with Gasteiger partial charge in [0.05, 0.1) is 0 Å². The van der Waals surface area contributed by atoms with Gasteiger partial charge in [0.15, 0.2) is 0 Å². The monoisotopic (exact) mass is 234 g/mol. The number of rotatable bonds is 1. The second kappa shape index (κ2) is 5.50. The molecule has 5 nitrogen and oxygen atoms in total. The molecule has 0 saturated heterocycles. The summed E-state index contributed by atoms with van der Waals surface area (Å²) in [6.07, 6.45) is 0.833. The van der Waals surface area contributed by atoms with Crippen LogP contribution in [0.5, 0.6) is 5.75 Å². The highest BCUT2D eigenvalue weighted by atomic mass is 16.4.